The molecule has 0 aromatic carbocycles. The van der Waals surface area contributed by atoms with Gasteiger partial charge in [-0.1, -0.05) is 6.42 Å². The Labute approximate surface area is 104 Å². The van der Waals surface area contributed by atoms with Crippen molar-refractivity contribution < 1.29 is 4.79 Å². The second-order valence-electron chi connectivity index (χ2n) is 5.33. The molecule has 1 aliphatic heterocycles. The van der Waals surface area contributed by atoms with Crippen LogP contribution in [0.4, 0.5) is 0 Å². The Kier molecular flexibility index (Phi) is 4.56. The van der Waals surface area contributed by atoms with Crippen molar-refractivity contribution in [2.75, 3.05) is 13.1 Å². The zero-order valence-corrected chi connectivity index (χ0v) is 10.5. The Morgan fingerprint density at radius 1 is 1.29 bits per heavy atom. The molecule has 3 nitrogen and oxygen atoms in total. The molecule has 0 aromatic heterocycles. The molecule has 1 saturated heterocycles. The number of rotatable bonds is 4. The van der Waals surface area contributed by atoms with Gasteiger partial charge >= 0.3 is 0 Å². The zero-order valence-electron chi connectivity index (χ0n) is 10.5. The summed E-state index contributed by atoms with van der Waals surface area (Å²) in [6, 6.07) is 2.69. The van der Waals surface area contributed by atoms with Crippen molar-refractivity contribution in [2.24, 2.45) is 5.92 Å². The summed E-state index contributed by atoms with van der Waals surface area (Å²) in [6.45, 7) is 2.13. The number of ketones is 1. The fraction of sp³-hybridized carbons (Fsp3) is 0.857. The van der Waals surface area contributed by atoms with Crippen LogP contribution >= 0.6 is 0 Å². The summed E-state index contributed by atoms with van der Waals surface area (Å²) in [5, 5.41) is 8.59. The molecule has 1 saturated carbocycles. The van der Waals surface area contributed by atoms with Gasteiger partial charge in [0, 0.05) is 24.8 Å². The second-order valence-corrected chi connectivity index (χ2v) is 5.33. The summed E-state index contributed by atoms with van der Waals surface area (Å²) in [7, 11) is 0. The lowest BCUT2D eigenvalue weighted by Gasteiger charge is -2.38. The number of carbonyl (C=O) groups is 1. The fourth-order valence-corrected chi connectivity index (χ4v) is 3.36. The average molecular weight is 234 g/mol. The molecule has 3 heteroatoms. The lowest BCUT2D eigenvalue weighted by atomic mass is 9.88. The highest BCUT2D eigenvalue weighted by Crippen LogP contribution is 2.32. The number of likely N-dealkylation sites (tertiary alicyclic amines) is 1. The predicted octanol–water partition coefficient (Wildman–Crippen LogP) is 2.51. The maximum atomic E-state index is 11.9. The normalized spacial score (nSPS) is 30.4. The summed E-state index contributed by atoms with van der Waals surface area (Å²) in [5.41, 5.74) is 0. The largest absolute Gasteiger partial charge is 0.300 e. The van der Waals surface area contributed by atoms with E-state index in [2.05, 4.69) is 11.0 Å². The molecule has 1 heterocycles. The number of unbranched alkanes of at least 4 members (excludes halogenated alkanes) is 1. The third-order valence-corrected chi connectivity index (χ3v) is 4.21. The molecular weight excluding hydrogens is 212 g/mol. The Morgan fingerprint density at radius 3 is 2.88 bits per heavy atom. The van der Waals surface area contributed by atoms with Crippen LogP contribution in [-0.4, -0.2) is 29.8 Å². The number of nitrogens with zero attached hydrogens (tertiary/aromatic N) is 2. The first-order chi connectivity index (χ1) is 8.33. The lowest BCUT2D eigenvalue weighted by Crippen LogP contribution is -2.45. The molecule has 0 amide bonds. The van der Waals surface area contributed by atoms with E-state index in [1.807, 2.05) is 0 Å². The van der Waals surface area contributed by atoms with Crippen LogP contribution in [0, 0.1) is 17.2 Å². The summed E-state index contributed by atoms with van der Waals surface area (Å²) in [4.78, 5) is 14.4. The molecule has 0 bridgehead atoms. The topological polar surface area (TPSA) is 44.1 Å². The van der Waals surface area contributed by atoms with Crippen molar-refractivity contribution >= 4 is 5.78 Å². The summed E-state index contributed by atoms with van der Waals surface area (Å²) in [6.07, 6.45) is 8.28. The molecule has 2 unspecified atom stereocenters. The van der Waals surface area contributed by atoms with Gasteiger partial charge in [0.1, 0.15) is 5.78 Å². The van der Waals surface area contributed by atoms with E-state index in [1.165, 1.54) is 19.3 Å². The molecule has 0 radical (unpaired) electrons. The predicted molar refractivity (Wildman–Crippen MR) is 66.4 cm³/mol. The number of piperidine rings is 1. The van der Waals surface area contributed by atoms with Gasteiger partial charge in [-0.3, -0.25) is 9.69 Å². The SMILES string of the molecule is N#CCCCN1CCCCC1C1CCCC1=O. The van der Waals surface area contributed by atoms with E-state index in [1.54, 1.807) is 0 Å². The Balaban J connectivity index is 1.92. The van der Waals surface area contributed by atoms with Gasteiger partial charge < -0.3 is 0 Å². The van der Waals surface area contributed by atoms with Crippen LogP contribution in [0.15, 0.2) is 0 Å². The molecular formula is C14H22N2O. The Hall–Kier alpha value is -0.880. The van der Waals surface area contributed by atoms with Gasteiger partial charge in [-0.2, -0.15) is 5.26 Å². The van der Waals surface area contributed by atoms with Crippen LogP contribution in [0.25, 0.3) is 0 Å². The first kappa shape index (κ1) is 12.6. The van der Waals surface area contributed by atoms with Crippen molar-refractivity contribution in [3.05, 3.63) is 0 Å². The number of carbonyl (C=O) groups excluding carboxylic acids is 1. The molecule has 94 valence electrons. The van der Waals surface area contributed by atoms with E-state index in [4.69, 9.17) is 5.26 Å². The molecule has 0 spiro atoms. The third-order valence-electron chi connectivity index (χ3n) is 4.21. The first-order valence-electron chi connectivity index (χ1n) is 6.96. The van der Waals surface area contributed by atoms with Crippen molar-refractivity contribution in [3.63, 3.8) is 0 Å². The van der Waals surface area contributed by atoms with Crippen LogP contribution < -0.4 is 0 Å². The minimum atomic E-state index is 0.303. The minimum absolute atomic E-state index is 0.303. The summed E-state index contributed by atoms with van der Waals surface area (Å²) in [5.74, 6) is 0.791. The number of Topliss-reactive ketones (excluding diaryl/α,β-unsaturated/α-hetero) is 1. The minimum Gasteiger partial charge on any atom is -0.300 e. The van der Waals surface area contributed by atoms with E-state index >= 15 is 0 Å². The molecule has 1 aliphatic carbocycles. The number of hydrogen-bond acceptors (Lipinski definition) is 3. The zero-order chi connectivity index (χ0) is 12.1. The maximum Gasteiger partial charge on any atom is 0.137 e. The third kappa shape index (κ3) is 3.07. The van der Waals surface area contributed by atoms with Crippen molar-refractivity contribution in [1.29, 1.82) is 5.26 Å². The number of nitriles is 1. The molecule has 2 fully saturated rings. The van der Waals surface area contributed by atoms with E-state index in [0.717, 1.165) is 38.8 Å². The average Bonchev–Trinajstić information content (AvgIpc) is 2.76. The van der Waals surface area contributed by atoms with E-state index < -0.39 is 0 Å². The van der Waals surface area contributed by atoms with Crippen LogP contribution in [0.1, 0.15) is 51.4 Å². The molecule has 0 aromatic rings. The van der Waals surface area contributed by atoms with Gasteiger partial charge in [0.25, 0.3) is 0 Å². The van der Waals surface area contributed by atoms with Gasteiger partial charge in [0.15, 0.2) is 0 Å². The van der Waals surface area contributed by atoms with Gasteiger partial charge in [0.2, 0.25) is 0 Å². The standard InChI is InChI=1S/C14H22N2O/c15-9-2-4-11-16-10-3-1-7-13(16)12-6-5-8-14(12)17/h12-13H,1-8,10-11H2. The maximum absolute atomic E-state index is 11.9. The number of hydrogen-bond donors (Lipinski definition) is 0. The Morgan fingerprint density at radius 2 is 2.18 bits per heavy atom. The van der Waals surface area contributed by atoms with Crippen LogP contribution in [0.3, 0.4) is 0 Å². The molecule has 0 N–H and O–H groups in total. The van der Waals surface area contributed by atoms with Crippen molar-refractivity contribution in [1.82, 2.24) is 4.90 Å². The second kappa shape index (κ2) is 6.16. The van der Waals surface area contributed by atoms with Gasteiger partial charge in [-0.15, -0.1) is 0 Å². The van der Waals surface area contributed by atoms with Crippen LogP contribution in [-0.2, 0) is 4.79 Å². The highest BCUT2D eigenvalue weighted by atomic mass is 16.1. The smallest absolute Gasteiger partial charge is 0.137 e. The highest BCUT2D eigenvalue weighted by Gasteiger charge is 2.36. The lowest BCUT2D eigenvalue weighted by molar-refractivity contribution is -0.123. The van der Waals surface area contributed by atoms with Gasteiger partial charge in [-0.25, -0.2) is 0 Å². The van der Waals surface area contributed by atoms with Crippen LogP contribution in [0.2, 0.25) is 0 Å². The Bertz CT molecular complexity index is 308. The molecule has 2 atom stereocenters. The summed E-state index contributed by atoms with van der Waals surface area (Å²) >= 11 is 0. The fourth-order valence-electron chi connectivity index (χ4n) is 3.36. The summed E-state index contributed by atoms with van der Waals surface area (Å²) < 4.78 is 0. The van der Waals surface area contributed by atoms with Crippen molar-refractivity contribution in [2.45, 2.75) is 57.4 Å². The van der Waals surface area contributed by atoms with Crippen molar-refractivity contribution in [3.8, 4) is 6.07 Å². The molecule has 2 rings (SSSR count). The van der Waals surface area contributed by atoms with Gasteiger partial charge in [-0.05, 0) is 45.2 Å². The first-order valence-corrected chi connectivity index (χ1v) is 6.96. The van der Waals surface area contributed by atoms with E-state index in [-0.39, 0.29) is 0 Å². The highest BCUT2D eigenvalue weighted by molar-refractivity contribution is 5.83. The van der Waals surface area contributed by atoms with Crippen LogP contribution in [0.5, 0.6) is 0 Å². The molecule has 17 heavy (non-hydrogen) atoms. The van der Waals surface area contributed by atoms with E-state index in [0.29, 0.717) is 24.2 Å². The van der Waals surface area contributed by atoms with Gasteiger partial charge in [0.05, 0.1) is 6.07 Å². The molecule has 2 aliphatic rings. The van der Waals surface area contributed by atoms with E-state index in [9.17, 15) is 4.79 Å². The quantitative estimate of drug-likeness (QED) is 0.702. The monoisotopic (exact) mass is 234 g/mol.